The van der Waals surface area contributed by atoms with Crippen molar-refractivity contribution in [3.05, 3.63) is 89.0 Å². The molecule has 2 heterocycles. The molecular weight excluding hydrogens is 370 g/mol. The van der Waals surface area contributed by atoms with Gasteiger partial charge in [0, 0.05) is 36.5 Å². The quantitative estimate of drug-likeness (QED) is 0.491. The Bertz CT molecular complexity index is 1160. The molecule has 0 spiro atoms. The summed E-state index contributed by atoms with van der Waals surface area (Å²) in [5.41, 5.74) is 2.10. The first-order chi connectivity index (χ1) is 14.2. The standard InChI is InChI=1S/C22H19N3O4/c26-21(15-28-19-8-4-17-5-9-22(27)29-20(17)14-19)23-12-10-16-2-6-18(7-3-16)25-13-1-11-24-25/h1-9,11,13-14H,10,12,15H2,(H,23,26). The van der Waals surface area contributed by atoms with Crippen molar-refractivity contribution in [1.29, 1.82) is 0 Å². The lowest BCUT2D eigenvalue weighted by molar-refractivity contribution is -0.123. The van der Waals surface area contributed by atoms with Crippen molar-refractivity contribution in [1.82, 2.24) is 15.1 Å². The van der Waals surface area contributed by atoms with E-state index in [-0.39, 0.29) is 12.5 Å². The summed E-state index contributed by atoms with van der Waals surface area (Å²) in [6.45, 7) is 0.400. The third-order valence-electron chi connectivity index (χ3n) is 4.41. The first kappa shape index (κ1) is 18.5. The van der Waals surface area contributed by atoms with Crippen molar-refractivity contribution < 1.29 is 13.9 Å². The number of aromatic nitrogens is 2. The van der Waals surface area contributed by atoms with Crippen molar-refractivity contribution in [3.63, 3.8) is 0 Å². The summed E-state index contributed by atoms with van der Waals surface area (Å²) in [4.78, 5) is 23.3. The average Bonchev–Trinajstić information content (AvgIpc) is 3.27. The molecule has 0 saturated heterocycles. The number of carbonyl (C=O) groups is 1. The zero-order chi connectivity index (χ0) is 20.1. The van der Waals surface area contributed by atoms with E-state index >= 15 is 0 Å². The number of nitrogens with one attached hydrogen (secondary N) is 1. The van der Waals surface area contributed by atoms with Gasteiger partial charge in [0.1, 0.15) is 11.3 Å². The zero-order valence-electron chi connectivity index (χ0n) is 15.6. The molecular formula is C22H19N3O4. The lowest BCUT2D eigenvalue weighted by Crippen LogP contribution is -2.30. The molecule has 2 aromatic heterocycles. The molecule has 0 unspecified atom stereocenters. The SMILES string of the molecule is O=C(COc1ccc2ccc(=O)oc2c1)NCCc1ccc(-n2cccn2)cc1. The second-order valence-electron chi connectivity index (χ2n) is 6.46. The summed E-state index contributed by atoms with van der Waals surface area (Å²) in [6.07, 6.45) is 4.34. The predicted octanol–water partition coefficient (Wildman–Crippen LogP) is 2.72. The van der Waals surface area contributed by atoms with Gasteiger partial charge < -0.3 is 14.5 Å². The van der Waals surface area contributed by atoms with Crippen molar-refractivity contribution in [2.24, 2.45) is 0 Å². The van der Waals surface area contributed by atoms with Gasteiger partial charge in [0.15, 0.2) is 6.61 Å². The molecule has 146 valence electrons. The van der Waals surface area contributed by atoms with Crippen LogP contribution in [0.1, 0.15) is 5.56 Å². The number of hydrogen-bond donors (Lipinski definition) is 1. The highest BCUT2D eigenvalue weighted by Crippen LogP contribution is 2.19. The van der Waals surface area contributed by atoms with Gasteiger partial charge in [-0.1, -0.05) is 12.1 Å². The van der Waals surface area contributed by atoms with Crippen LogP contribution in [0.15, 0.2) is 82.3 Å². The fraction of sp³-hybridized carbons (Fsp3) is 0.136. The fourth-order valence-electron chi connectivity index (χ4n) is 2.91. The van der Waals surface area contributed by atoms with Crippen molar-refractivity contribution >= 4 is 16.9 Å². The van der Waals surface area contributed by atoms with E-state index in [0.29, 0.717) is 24.3 Å². The number of nitrogens with zero attached hydrogens (tertiary/aromatic N) is 2. The highest BCUT2D eigenvalue weighted by Gasteiger charge is 2.05. The topological polar surface area (TPSA) is 86.4 Å². The summed E-state index contributed by atoms with van der Waals surface area (Å²) in [5.74, 6) is 0.254. The minimum Gasteiger partial charge on any atom is -0.484 e. The highest BCUT2D eigenvalue weighted by atomic mass is 16.5. The maximum absolute atomic E-state index is 12.0. The number of rotatable bonds is 7. The Labute approximate surface area is 166 Å². The molecule has 0 radical (unpaired) electrons. The Kier molecular flexibility index (Phi) is 5.38. The van der Waals surface area contributed by atoms with E-state index in [0.717, 1.165) is 16.6 Å². The molecule has 29 heavy (non-hydrogen) atoms. The predicted molar refractivity (Wildman–Crippen MR) is 108 cm³/mol. The van der Waals surface area contributed by atoms with Crippen molar-refractivity contribution in [2.75, 3.05) is 13.2 Å². The van der Waals surface area contributed by atoms with E-state index in [1.54, 1.807) is 35.1 Å². The molecule has 0 bridgehead atoms. The van der Waals surface area contributed by atoms with Gasteiger partial charge in [-0.25, -0.2) is 9.48 Å². The van der Waals surface area contributed by atoms with Crippen LogP contribution in [-0.4, -0.2) is 28.8 Å². The highest BCUT2D eigenvalue weighted by molar-refractivity contribution is 5.79. The normalized spacial score (nSPS) is 10.8. The van der Waals surface area contributed by atoms with E-state index in [2.05, 4.69) is 10.4 Å². The number of fused-ring (bicyclic) bond motifs is 1. The molecule has 0 aliphatic rings. The number of benzene rings is 2. The van der Waals surface area contributed by atoms with Gasteiger partial charge in [-0.2, -0.15) is 5.10 Å². The molecule has 0 aliphatic heterocycles. The van der Waals surface area contributed by atoms with Gasteiger partial charge >= 0.3 is 5.63 Å². The average molecular weight is 389 g/mol. The first-order valence-corrected chi connectivity index (χ1v) is 9.20. The van der Waals surface area contributed by atoms with Crippen LogP contribution in [-0.2, 0) is 11.2 Å². The van der Waals surface area contributed by atoms with E-state index < -0.39 is 5.63 Å². The molecule has 2 aromatic carbocycles. The minimum absolute atomic E-state index is 0.110. The van der Waals surface area contributed by atoms with Crippen molar-refractivity contribution in [3.8, 4) is 11.4 Å². The maximum atomic E-state index is 12.0. The Balaban J connectivity index is 1.24. The Morgan fingerprint density at radius 1 is 1.10 bits per heavy atom. The fourth-order valence-corrected chi connectivity index (χ4v) is 2.91. The third-order valence-corrected chi connectivity index (χ3v) is 4.41. The molecule has 4 rings (SSSR count). The molecule has 7 heteroatoms. The van der Waals surface area contributed by atoms with Gasteiger partial charge in [-0.15, -0.1) is 0 Å². The molecule has 0 atom stereocenters. The summed E-state index contributed by atoms with van der Waals surface area (Å²) in [5, 5.41) is 7.82. The Morgan fingerprint density at radius 2 is 1.93 bits per heavy atom. The van der Waals surface area contributed by atoms with Gasteiger partial charge in [0.05, 0.1) is 5.69 Å². The van der Waals surface area contributed by atoms with E-state index in [9.17, 15) is 9.59 Å². The number of amides is 1. The smallest absolute Gasteiger partial charge is 0.336 e. The largest absolute Gasteiger partial charge is 0.484 e. The van der Waals surface area contributed by atoms with Gasteiger partial charge in [0.2, 0.25) is 0 Å². The molecule has 0 aliphatic carbocycles. The third kappa shape index (κ3) is 4.70. The Morgan fingerprint density at radius 3 is 2.72 bits per heavy atom. The Hall–Kier alpha value is -3.87. The monoisotopic (exact) mass is 389 g/mol. The summed E-state index contributed by atoms with van der Waals surface area (Å²) >= 11 is 0. The summed E-state index contributed by atoms with van der Waals surface area (Å²) < 4.78 is 12.4. The van der Waals surface area contributed by atoms with Crippen LogP contribution in [0.4, 0.5) is 0 Å². The van der Waals surface area contributed by atoms with Gasteiger partial charge in [-0.05, 0) is 48.4 Å². The minimum atomic E-state index is -0.426. The number of ether oxygens (including phenoxy) is 1. The molecule has 0 fully saturated rings. The van der Waals surface area contributed by atoms with Crippen LogP contribution in [0.3, 0.4) is 0 Å². The van der Waals surface area contributed by atoms with Gasteiger partial charge in [-0.3, -0.25) is 4.79 Å². The lowest BCUT2D eigenvalue weighted by atomic mass is 10.1. The van der Waals surface area contributed by atoms with Crippen LogP contribution in [0, 0.1) is 0 Å². The van der Waals surface area contributed by atoms with Crippen LogP contribution in [0.2, 0.25) is 0 Å². The number of carbonyl (C=O) groups excluding carboxylic acids is 1. The zero-order valence-corrected chi connectivity index (χ0v) is 15.6. The van der Waals surface area contributed by atoms with Crippen LogP contribution >= 0.6 is 0 Å². The van der Waals surface area contributed by atoms with E-state index in [1.165, 1.54) is 6.07 Å². The first-order valence-electron chi connectivity index (χ1n) is 9.20. The van der Waals surface area contributed by atoms with Crippen LogP contribution in [0.25, 0.3) is 16.7 Å². The maximum Gasteiger partial charge on any atom is 0.336 e. The van der Waals surface area contributed by atoms with Gasteiger partial charge in [0.25, 0.3) is 5.91 Å². The summed E-state index contributed by atoms with van der Waals surface area (Å²) in [7, 11) is 0. The lowest BCUT2D eigenvalue weighted by Gasteiger charge is -2.08. The van der Waals surface area contributed by atoms with Crippen LogP contribution in [0.5, 0.6) is 5.75 Å². The number of hydrogen-bond acceptors (Lipinski definition) is 5. The molecule has 1 N–H and O–H groups in total. The second-order valence-corrected chi connectivity index (χ2v) is 6.46. The van der Waals surface area contributed by atoms with Crippen molar-refractivity contribution in [2.45, 2.75) is 6.42 Å². The van der Waals surface area contributed by atoms with Crippen LogP contribution < -0.4 is 15.7 Å². The molecule has 4 aromatic rings. The molecule has 7 nitrogen and oxygen atoms in total. The molecule has 0 saturated carbocycles. The van der Waals surface area contributed by atoms with E-state index in [1.807, 2.05) is 36.5 Å². The summed E-state index contributed by atoms with van der Waals surface area (Å²) in [6, 6.07) is 18.0. The second kappa shape index (κ2) is 8.43. The van der Waals surface area contributed by atoms with E-state index in [4.69, 9.17) is 9.15 Å². The molecule has 1 amide bonds.